The molecule has 3 rings (SSSR count). The fourth-order valence-corrected chi connectivity index (χ4v) is 3.14. The molecule has 0 aliphatic carbocycles. The number of morpholine rings is 1. The van der Waals surface area contributed by atoms with Gasteiger partial charge in [0, 0.05) is 25.7 Å². The van der Waals surface area contributed by atoms with Gasteiger partial charge in [0.2, 0.25) is 5.91 Å². The lowest BCUT2D eigenvalue weighted by Crippen LogP contribution is -2.48. The van der Waals surface area contributed by atoms with E-state index in [-0.39, 0.29) is 16.7 Å². The Morgan fingerprint density at radius 3 is 2.54 bits per heavy atom. The first kappa shape index (κ1) is 20.4. The van der Waals surface area contributed by atoms with Crippen LogP contribution in [0.2, 0.25) is 5.02 Å². The highest BCUT2D eigenvalue weighted by Crippen LogP contribution is 2.32. The van der Waals surface area contributed by atoms with Crippen molar-refractivity contribution in [3.05, 3.63) is 58.7 Å². The number of nitrogens with zero attached hydrogens (tertiary/aromatic N) is 2. The highest BCUT2D eigenvalue weighted by atomic mass is 35.5. The SMILES string of the molecule is O=C(C(Cc1ccccc1)Nc1ncc(C(F)(F)F)cc1Cl)N1CCOCC1. The molecule has 2 heterocycles. The molecule has 1 aromatic carbocycles. The van der Waals surface area contributed by atoms with Crippen LogP contribution >= 0.6 is 11.6 Å². The Labute approximate surface area is 165 Å². The molecule has 0 radical (unpaired) electrons. The van der Waals surface area contributed by atoms with Crippen molar-refractivity contribution in [2.75, 3.05) is 31.6 Å². The molecule has 1 aromatic heterocycles. The van der Waals surface area contributed by atoms with Crippen molar-refractivity contribution in [2.45, 2.75) is 18.6 Å². The van der Waals surface area contributed by atoms with Crippen LogP contribution in [0.5, 0.6) is 0 Å². The van der Waals surface area contributed by atoms with Gasteiger partial charge in [-0.1, -0.05) is 41.9 Å². The van der Waals surface area contributed by atoms with Gasteiger partial charge in [-0.2, -0.15) is 13.2 Å². The molecule has 1 fully saturated rings. The van der Waals surface area contributed by atoms with Gasteiger partial charge in [-0.05, 0) is 11.6 Å². The van der Waals surface area contributed by atoms with E-state index in [1.54, 1.807) is 4.90 Å². The number of carbonyl (C=O) groups is 1. The van der Waals surface area contributed by atoms with Crippen LogP contribution in [0.25, 0.3) is 0 Å². The lowest BCUT2D eigenvalue weighted by atomic mass is 10.0. The van der Waals surface area contributed by atoms with E-state index in [2.05, 4.69) is 10.3 Å². The summed E-state index contributed by atoms with van der Waals surface area (Å²) in [7, 11) is 0. The van der Waals surface area contributed by atoms with Crippen LogP contribution in [0.3, 0.4) is 0 Å². The van der Waals surface area contributed by atoms with Crippen molar-refractivity contribution < 1.29 is 22.7 Å². The zero-order chi connectivity index (χ0) is 20.1. The number of pyridine rings is 1. The van der Waals surface area contributed by atoms with Crippen LogP contribution in [0.4, 0.5) is 19.0 Å². The highest BCUT2D eigenvalue weighted by Gasteiger charge is 2.32. The first-order valence-corrected chi connectivity index (χ1v) is 9.12. The van der Waals surface area contributed by atoms with E-state index in [0.29, 0.717) is 38.9 Å². The molecule has 150 valence electrons. The van der Waals surface area contributed by atoms with Crippen molar-refractivity contribution in [2.24, 2.45) is 0 Å². The minimum Gasteiger partial charge on any atom is -0.378 e. The number of carbonyl (C=O) groups excluding carboxylic acids is 1. The smallest absolute Gasteiger partial charge is 0.378 e. The first-order chi connectivity index (χ1) is 13.3. The van der Waals surface area contributed by atoms with Crippen LogP contribution in [0.1, 0.15) is 11.1 Å². The second kappa shape index (κ2) is 8.79. The summed E-state index contributed by atoms with van der Waals surface area (Å²) in [6.45, 7) is 1.81. The molecule has 1 aliphatic heterocycles. The number of halogens is 4. The predicted molar refractivity (Wildman–Crippen MR) is 99.2 cm³/mol. The number of anilines is 1. The maximum absolute atomic E-state index is 13.0. The molecule has 9 heteroatoms. The molecule has 2 aromatic rings. The van der Waals surface area contributed by atoms with Gasteiger partial charge in [-0.25, -0.2) is 4.98 Å². The predicted octanol–water partition coefficient (Wildman–Crippen LogP) is 3.64. The van der Waals surface area contributed by atoms with Crippen LogP contribution in [-0.2, 0) is 22.1 Å². The van der Waals surface area contributed by atoms with Crippen molar-refractivity contribution in [1.29, 1.82) is 0 Å². The van der Waals surface area contributed by atoms with E-state index in [0.717, 1.165) is 11.6 Å². The Balaban J connectivity index is 1.83. The number of amides is 1. The van der Waals surface area contributed by atoms with Gasteiger partial charge in [-0.15, -0.1) is 0 Å². The van der Waals surface area contributed by atoms with Crippen LogP contribution < -0.4 is 5.32 Å². The maximum Gasteiger partial charge on any atom is 0.417 e. The third-order valence-corrected chi connectivity index (χ3v) is 4.67. The Hall–Kier alpha value is -2.32. The summed E-state index contributed by atoms with van der Waals surface area (Å²) in [6.07, 6.45) is -3.49. The number of hydrogen-bond donors (Lipinski definition) is 1. The standard InChI is InChI=1S/C19H19ClF3N3O2/c20-15-11-14(19(21,22)23)12-24-17(15)25-16(10-13-4-2-1-3-5-13)18(27)26-6-8-28-9-7-26/h1-5,11-12,16H,6-10H2,(H,24,25). The fraction of sp³-hybridized carbons (Fsp3) is 0.368. The molecule has 0 saturated carbocycles. The Bertz CT molecular complexity index is 812. The molecule has 0 spiro atoms. The number of hydrogen-bond acceptors (Lipinski definition) is 4. The summed E-state index contributed by atoms with van der Waals surface area (Å²) < 4.78 is 43.8. The molecule has 0 bridgehead atoms. The number of aromatic nitrogens is 1. The summed E-state index contributed by atoms with van der Waals surface area (Å²) >= 11 is 6.00. The molecular formula is C19H19ClF3N3O2. The highest BCUT2D eigenvalue weighted by molar-refractivity contribution is 6.33. The van der Waals surface area contributed by atoms with Crippen molar-refractivity contribution in [1.82, 2.24) is 9.88 Å². The number of benzene rings is 1. The van der Waals surface area contributed by atoms with E-state index in [4.69, 9.17) is 16.3 Å². The normalized spacial score (nSPS) is 15.9. The van der Waals surface area contributed by atoms with Gasteiger partial charge < -0.3 is 15.0 Å². The lowest BCUT2D eigenvalue weighted by Gasteiger charge is -2.31. The quantitative estimate of drug-likeness (QED) is 0.813. The number of nitrogens with one attached hydrogen (secondary N) is 1. The minimum absolute atomic E-state index is 0.0391. The molecule has 1 amide bonds. The molecule has 1 unspecified atom stereocenters. The molecule has 1 N–H and O–H groups in total. The maximum atomic E-state index is 13.0. The molecule has 1 saturated heterocycles. The Kier molecular flexibility index (Phi) is 6.41. The lowest BCUT2D eigenvalue weighted by molar-refractivity contribution is -0.138. The minimum atomic E-state index is -4.54. The summed E-state index contributed by atoms with van der Waals surface area (Å²) in [6, 6.07) is 9.41. The molecular weight excluding hydrogens is 395 g/mol. The van der Waals surface area contributed by atoms with Crippen LogP contribution in [0.15, 0.2) is 42.6 Å². The number of ether oxygens (including phenoxy) is 1. The number of alkyl halides is 3. The zero-order valence-electron chi connectivity index (χ0n) is 14.9. The van der Waals surface area contributed by atoms with Gasteiger partial charge in [0.05, 0.1) is 23.8 Å². The van der Waals surface area contributed by atoms with Gasteiger partial charge in [-0.3, -0.25) is 4.79 Å². The topological polar surface area (TPSA) is 54.5 Å². The third-order valence-electron chi connectivity index (χ3n) is 4.38. The van der Waals surface area contributed by atoms with Crippen LogP contribution in [-0.4, -0.2) is 48.1 Å². The van der Waals surface area contributed by atoms with E-state index in [9.17, 15) is 18.0 Å². The average molecular weight is 414 g/mol. The van der Waals surface area contributed by atoms with Crippen LogP contribution in [0, 0.1) is 0 Å². The molecule has 28 heavy (non-hydrogen) atoms. The summed E-state index contributed by atoms with van der Waals surface area (Å²) in [4.78, 5) is 18.5. The Morgan fingerprint density at radius 2 is 1.93 bits per heavy atom. The van der Waals surface area contributed by atoms with Gasteiger partial charge >= 0.3 is 6.18 Å². The van der Waals surface area contributed by atoms with E-state index >= 15 is 0 Å². The number of rotatable bonds is 5. The summed E-state index contributed by atoms with van der Waals surface area (Å²) in [5, 5.41) is 2.74. The third kappa shape index (κ3) is 5.14. The zero-order valence-corrected chi connectivity index (χ0v) is 15.6. The van der Waals surface area contributed by atoms with E-state index in [1.807, 2.05) is 30.3 Å². The second-order valence-corrected chi connectivity index (χ2v) is 6.78. The molecule has 1 atom stereocenters. The fourth-order valence-electron chi connectivity index (χ4n) is 2.92. The van der Waals surface area contributed by atoms with E-state index in [1.165, 1.54) is 0 Å². The van der Waals surface area contributed by atoms with Crippen molar-refractivity contribution >= 4 is 23.3 Å². The largest absolute Gasteiger partial charge is 0.417 e. The average Bonchev–Trinajstić information content (AvgIpc) is 2.69. The first-order valence-electron chi connectivity index (χ1n) is 8.74. The van der Waals surface area contributed by atoms with Gasteiger partial charge in [0.15, 0.2) is 0 Å². The van der Waals surface area contributed by atoms with Crippen molar-refractivity contribution in [3.8, 4) is 0 Å². The summed E-state index contributed by atoms with van der Waals surface area (Å²) in [5.74, 6) is -0.137. The monoisotopic (exact) mass is 413 g/mol. The second-order valence-electron chi connectivity index (χ2n) is 6.38. The van der Waals surface area contributed by atoms with E-state index < -0.39 is 17.8 Å². The van der Waals surface area contributed by atoms with Crippen molar-refractivity contribution in [3.63, 3.8) is 0 Å². The molecule has 5 nitrogen and oxygen atoms in total. The van der Waals surface area contributed by atoms with Gasteiger partial charge in [0.1, 0.15) is 11.9 Å². The van der Waals surface area contributed by atoms with Gasteiger partial charge in [0.25, 0.3) is 0 Å². The molecule has 1 aliphatic rings. The Morgan fingerprint density at radius 1 is 1.25 bits per heavy atom. The summed E-state index contributed by atoms with van der Waals surface area (Å²) in [5.41, 5.74) is -0.0354.